The van der Waals surface area contributed by atoms with Crippen LogP contribution in [-0.2, 0) is 9.84 Å². The molecule has 2 heterocycles. The molecule has 0 atom stereocenters. The van der Waals surface area contributed by atoms with Gasteiger partial charge in [0, 0.05) is 12.6 Å². The molecule has 2 aromatic rings. The molecule has 7 heteroatoms. The molecule has 1 fully saturated rings. The van der Waals surface area contributed by atoms with Crippen molar-refractivity contribution in [1.29, 1.82) is 0 Å². The Morgan fingerprint density at radius 2 is 1.85 bits per heavy atom. The van der Waals surface area contributed by atoms with Crippen molar-refractivity contribution in [2.24, 2.45) is 0 Å². The van der Waals surface area contributed by atoms with Gasteiger partial charge >= 0.3 is 0 Å². The molecule has 0 bridgehead atoms. The number of thiophene rings is 1. The zero-order valence-corrected chi connectivity index (χ0v) is 16.5. The predicted octanol–water partition coefficient (Wildman–Crippen LogP) is 3.19. The van der Waals surface area contributed by atoms with Crippen LogP contribution in [0.3, 0.4) is 0 Å². The Labute approximate surface area is 159 Å². The van der Waals surface area contributed by atoms with Gasteiger partial charge in [-0.05, 0) is 56.6 Å². The summed E-state index contributed by atoms with van der Waals surface area (Å²) in [5.41, 5.74) is 0. The molecule has 1 aliphatic heterocycles. The topological polar surface area (TPSA) is 66.5 Å². The standard InChI is InChI=1S/C19H24N2O3S2/c1-2-14-21(15-10-12-20-13-11-15)19(22)17-8-9-18(25-17)26(23,24)16-6-4-3-5-7-16/h3-9,15,20H,2,10-14H2,1H3. The Balaban J connectivity index is 1.84. The van der Waals surface area contributed by atoms with Gasteiger partial charge in [-0.1, -0.05) is 25.1 Å². The van der Waals surface area contributed by atoms with Crippen molar-refractivity contribution in [2.75, 3.05) is 19.6 Å². The van der Waals surface area contributed by atoms with E-state index in [0.717, 1.165) is 43.7 Å². The second-order valence-corrected chi connectivity index (χ2v) is 9.68. The van der Waals surface area contributed by atoms with Gasteiger partial charge < -0.3 is 10.2 Å². The van der Waals surface area contributed by atoms with Gasteiger partial charge in [-0.15, -0.1) is 11.3 Å². The van der Waals surface area contributed by atoms with Crippen molar-refractivity contribution in [2.45, 2.75) is 41.3 Å². The maximum atomic E-state index is 13.0. The van der Waals surface area contributed by atoms with Crippen LogP contribution in [0.2, 0.25) is 0 Å². The first-order valence-corrected chi connectivity index (χ1v) is 11.3. The summed E-state index contributed by atoms with van der Waals surface area (Å²) in [4.78, 5) is 15.7. The Bertz CT molecular complexity index is 841. The van der Waals surface area contributed by atoms with E-state index in [1.54, 1.807) is 42.5 Å². The SMILES string of the molecule is CCCN(C(=O)c1ccc(S(=O)(=O)c2ccccc2)s1)C1CCNCC1. The van der Waals surface area contributed by atoms with E-state index in [4.69, 9.17) is 0 Å². The number of carbonyl (C=O) groups excluding carboxylic acids is 1. The van der Waals surface area contributed by atoms with Gasteiger partial charge in [0.2, 0.25) is 9.84 Å². The van der Waals surface area contributed by atoms with Crippen LogP contribution in [-0.4, -0.2) is 44.9 Å². The maximum absolute atomic E-state index is 13.0. The number of sulfone groups is 1. The molecule has 0 radical (unpaired) electrons. The highest BCUT2D eigenvalue weighted by Crippen LogP contribution is 2.29. The first-order valence-electron chi connectivity index (χ1n) is 8.95. The molecule has 0 spiro atoms. The molecule has 1 N–H and O–H groups in total. The van der Waals surface area contributed by atoms with E-state index in [0.29, 0.717) is 11.4 Å². The smallest absolute Gasteiger partial charge is 0.264 e. The van der Waals surface area contributed by atoms with Gasteiger partial charge in [0.1, 0.15) is 4.21 Å². The first kappa shape index (κ1) is 19.1. The molecule has 1 amide bonds. The number of nitrogens with zero attached hydrogens (tertiary/aromatic N) is 1. The summed E-state index contributed by atoms with van der Waals surface area (Å²) in [6.07, 6.45) is 2.76. The maximum Gasteiger partial charge on any atom is 0.264 e. The van der Waals surface area contributed by atoms with E-state index in [2.05, 4.69) is 12.2 Å². The number of nitrogens with one attached hydrogen (secondary N) is 1. The second-order valence-electron chi connectivity index (χ2n) is 6.41. The van der Waals surface area contributed by atoms with Crippen molar-refractivity contribution in [3.05, 3.63) is 47.3 Å². The molecular weight excluding hydrogens is 368 g/mol. The Kier molecular flexibility index (Phi) is 6.11. The Morgan fingerprint density at radius 3 is 2.50 bits per heavy atom. The van der Waals surface area contributed by atoms with E-state index < -0.39 is 9.84 Å². The Hall–Kier alpha value is -1.70. The third kappa shape index (κ3) is 4.00. The molecular formula is C19H24N2O3S2. The molecule has 26 heavy (non-hydrogen) atoms. The fourth-order valence-electron chi connectivity index (χ4n) is 3.25. The number of amides is 1. The lowest BCUT2D eigenvalue weighted by Crippen LogP contribution is -2.46. The van der Waals surface area contributed by atoms with E-state index in [1.807, 2.05) is 4.90 Å². The normalized spacial score (nSPS) is 15.7. The fraction of sp³-hybridized carbons (Fsp3) is 0.421. The van der Waals surface area contributed by atoms with Crippen LogP contribution in [0, 0.1) is 0 Å². The van der Waals surface area contributed by atoms with Gasteiger partial charge in [-0.2, -0.15) is 0 Å². The number of benzene rings is 1. The number of rotatable bonds is 6. The largest absolute Gasteiger partial charge is 0.335 e. The van der Waals surface area contributed by atoms with Gasteiger partial charge in [-0.25, -0.2) is 8.42 Å². The zero-order chi connectivity index (χ0) is 18.6. The molecule has 3 rings (SSSR count). The summed E-state index contributed by atoms with van der Waals surface area (Å²) in [6, 6.07) is 11.8. The van der Waals surface area contributed by atoms with Gasteiger partial charge in [-0.3, -0.25) is 4.79 Å². The highest BCUT2D eigenvalue weighted by Gasteiger charge is 2.28. The Morgan fingerprint density at radius 1 is 1.15 bits per heavy atom. The second kappa shape index (κ2) is 8.33. The lowest BCUT2D eigenvalue weighted by Gasteiger charge is -2.34. The van der Waals surface area contributed by atoms with Crippen molar-refractivity contribution >= 4 is 27.1 Å². The van der Waals surface area contributed by atoms with Gasteiger partial charge in [0.05, 0.1) is 9.77 Å². The van der Waals surface area contributed by atoms with Crippen molar-refractivity contribution in [3.63, 3.8) is 0 Å². The van der Waals surface area contributed by atoms with E-state index >= 15 is 0 Å². The average Bonchev–Trinajstić information content (AvgIpc) is 3.18. The molecule has 1 aromatic heterocycles. The quantitative estimate of drug-likeness (QED) is 0.820. The minimum absolute atomic E-state index is 0.0572. The molecule has 1 aromatic carbocycles. The first-order chi connectivity index (χ1) is 12.5. The van der Waals surface area contributed by atoms with Crippen molar-refractivity contribution < 1.29 is 13.2 Å². The lowest BCUT2D eigenvalue weighted by atomic mass is 10.0. The number of hydrogen-bond donors (Lipinski definition) is 1. The molecule has 0 saturated carbocycles. The summed E-state index contributed by atoms with van der Waals surface area (Å²) in [6.45, 7) is 4.58. The van der Waals surface area contributed by atoms with Gasteiger partial charge in [0.15, 0.2) is 0 Å². The highest BCUT2D eigenvalue weighted by molar-refractivity contribution is 7.93. The van der Waals surface area contributed by atoms with E-state index in [1.165, 1.54) is 0 Å². The van der Waals surface area contributed by atoms with E-state index in [-0.39, 0.29) is 21.1 Å². The fourth-order valence-corrected chi connectivity index (χ4v) is 5.93. The zero-order valence-electron chi connectivity index (χ0n) is 14.8. The van der Waals surface area contributed by atoms with E-state index in [9.17, 15) is 13.2 Å². The monoisotopic (exact) mass is 392 g/mol. The van der Waals surface area contributed by atoms with Gasteiger partial charge in [0.25, 0.3) is 5.91 Å². The minimum Gasteiger partial charge on any atom is -0.335 e. The third-order valence-electron chi connectivity index (χ3n) is 4.59. The molecule has 5 nitrogen and oxygen atoms in total. The molecule has 0 aliphatic carbocycles. The number of hydrogen-bond acceptors (Lipinski definition) is 5. The summed E-state index contributed by atoms with van der Waals surface area (Å²) in [5.74, 6) is -0.0572. The lowest BCUT2D eigenvalue weighted by molar-refractivity contribution is 0.0647. The number of piperidine rings is 1. The number of carbonyl (C=O) groups is 1. The van der Waals surface area contributed by atoms with Crippen molar-refractivity contribution in [3.8, 4) is 0 Å². The molecule has 0 unspecified atom stereocenters. The summed E-state index contributed by atoms with van der Waals surface area (Å²) in [7, 11) is -3.58. The van der Waals surface area contributed by atoms with Crippen LogP contribution in [0.1, 0.15) is 35.9 Å². The van der Waals surface area contributed by atoms with Crippen LogP contribution in [0.15, 0.2) is 51.6 Å². The minimum atomic E-state index is -3.58. The molecule has 140 valence electrons. The predicted molar refractivity (Wildman–Crippen MR) is 103 cm³/mol. The molecule has 1 aliphatic rings. The average molecular weight is 393 g/mol. The van der Waals surface area contributed by atoms with Crippen LogP contribution in [0.5, 0.6) is 0 Å². The highest BCUT2D eigenvalue weighted by atomic mass is 32.2. The van der Waals surface area contributed by atoms with Crippen molar-refractivity contribution in [1.82, 2.24) is 10.2 Å². The summed E-state index contributed by atoms with van der Waals surface area (Å²) in [5, 5.41) is 3.32. The van der Waals surface area contributed by atoms with Crippen LogP contribution >= 0.6 is 11.3 Å². The summed E-state index contributed by atoms with van der Waals surface area (Å²) >= 11 is 1.07. The van der Waals surface area contributed by atoms with Crippen LogP contribution < -0.4 is 5.32 Å². The third-order valence-corrected chi connectivity index (χ3v) is 7.92. The summed E-state index contributed by atoms with van der Waals surface area (Å²) < 4.78 is 25.7. The van der Waals surface area contributed by atoms with Crippen LogP contribution in [0.25, 0.3) is 0 Å². The molecule has 1 saturated heterocycles. The van der Waals surface area contributed by atoms with Crippen LogP contribution in [0.4, 0.5) is 0 Å².